The molecule has 3 aliphatic rings. The number of hydrogen-bond donors (Lipinski definition) is 0. The summed E-state index contributed by atoms with van der Waals surface area (Å²) in [6, 6.07) is 125. The monoisotopic (exact) mass is 1460 g/mol. The van der Waals surface area contributed by atoms with E-state index in [4.69, 9.17) is 9.47 Å². The number of hydrogen-bond acceptors (Lipinski definition) is 4. The van der Waals surface area contributed by atoms with Crippen LogP contribution in [-0.4, -0.2) is 8.07 Å². The van der Waals surface area contributed by atoms with Gasteiger partial charge in [-0.15, -0.1) is 0 Å². The van der Waals surface area contributed by atoms with Crippen LogP contribution in [0.3, 0.4) is 0 Å². The fraction of sp³-hybridized carbons (Fsp3) is 0.0196. The second-order valence-electron chi connectivity index (χ2n) is 28.4. The van der Waals surface area contributed by atoms with Crippen LogP contribution >= 0.6 is 0 Å². The molecule has 111 heavy (non-hydrogen) atoms. The third-order valence-corrected chi connectivity index (χ3v) is 27.5. The van der Waals surface area contributed by atoms with Crippen molar-refractivity contribution >= 4 is 75.1 Å². The molecule has 0 N–H and O–H groups in total. The van der Waals surface area contributed by atoms with Crippen molar-refractivity contribution in [3.8, 4) is 56.4 Å². The first-order chi connectivity index (χ1) is 54.5. The standard InChI is InChI=1S/C102H68F4N2O2Si/c1-3-67-23-51-83(52-24-67)109-85-55-31-71(32-56-85)101(69-27-35-73(103)36-28-69)95-21-13-11-19-89(95)91-59-47-81(65-97(91)101)107(77-43-39-75(105)40-44-77)79-49-61-99-93(63-79)94-64-80(50-62-100(94)111(99,87-15-7-5-8-16-87)88-17-9-6-10-18-88)108(78-45-41-76(106)42-46-78)82-48-60-92-90-20-12-14-22-96(90)102(98(92)66-82,70-29-37-74(104)38-30-70)72-33-57-86(58-34-72)110-84-53-25-68(4-2)26-54-84/h3-66H,1-2H2. The molecule has 0 aromatic heterocycles. The van der Waals surface area contributed by atoms with Crippen LogP contribution in [0, 0.1) is 23.3 Å². The average Bonchev–Trinajstić information content (AvgIpc) is 1.57. The minimum absolute atomic E-state index is 0.348. The van der Waals surface area contributed by atoms with Gasteiger partial charge in [-0.2, -0.15) is 0 Å². The summed E-state index contributed by atoms with van der Waals surface area (Å²) in [6.45, 7) is 7.84. The van der Waals surface area contributed by atoms with Gasteiger partial charge in [-0.1, -0.05) is 232 Å². The lowest BCUT2D eigenvalue weighted by molar-refractivity contribution is 0.482. The number of rotatable bonds is 18. The fourth-order valence-electron chi connectivity index (χ4n) is 17.8. The molecule has 0 fully saturated rings. The van der Waals surface area contributed by atoms with E-state index in [1.54, 1.807) is 12.2 Å². The second-order valence-corrected chi connectivity index (χ2v) is 32.2. The summed E-state index contributed by atoms with van der Waals surface area (Å²) in [5.74, 6) is 1.24. The van der Waals surface area contributed by atoms with Crippen LogP contribution in [0.5, 0.6) is 23.0 Å². The summed E-state index contributed by atoms with van der Waals surface area (Å²) in [4.78, 5) is 4.43. The molecule has 0 saturated carbocycles. The highest BCUT2D eigenvalue weighted by Gasteiger charge is 2.51. The van der Waals surface area contributed by atoms with Crippen LogP contribution in [0.15, 0.2) is 389 Å². The maximum atomic E-state index is 15.6. The Labute approximate surface area is 643 Å². The van der Waals surface area contributed by atoms with Gasteiger partial charge in [-0.25, -0.2) is 17.6 Å². The zero-order chi connectivity index (χ0) is 75.0. The maximum absolute atomic E-state index is 15.6. The van der Waals surface area contributed by atoms with Crippen molar-refractivity contribution in [2.45, 2.75) is 10.8 Å². The Morgan fingerprint density at radius 3 is 0.883 bits per heavy atom. The molecule has 2 unspecified atom stereocenters. The summed E-state index contributed by atoms with van der Waals surface area (Å²) >= 11 is 0. The van der Waals surface area contributed by atoms with Crippen molar-refractivity contribution in [2.75, 3.05) is 9.80 Å². The van der Waals surface area contributed by atoms with Gasteiger partial charge < -0.3 is 19.3 Å². The van der Waals surface area contributed by atoms with Crippen LogP contribution in [0.4, 0.5) is 51.7 Å². The molecule has 530 valence electrons. The summed E-state index contributed by atoms with van der Waals surface area (Å²) < 4.78 is 75.1. The van der Waals surface area contributed by atoms with E-state index in [1.165, 1.54) is 69.3 Å². The minimum Gasteiger partial charge on any atom is -0.457 e. The lowest BCUT2D eigenvalue weighted by Crippen LogP contribution is -2.72. The summed E-state index contributed by atoms with van der Waals surface area (Å²) in [7, 11) is -3.25. The first kappa shape index (κ1) is 67.7. The van der Waals surface area contributed by atoms with Gasteiger partial charge in [0.2, 0.25) is 0 Å². The van der Waals surface area contributed by atoms with Gasteiger partial charge in [0, 0.05) is 34.1 Å². The predicted octanol–water partition coefficient (Wildman–Crippen LogP) is 24.1. The molecule has 0 bridgehead atoms. The van der Waals surface area contributed by atoms with Crippen LogP contribution in [0.25, 0.3) is 45.5 Å². The van der Waals surface area contributed by atoms with E-state index in [1.807, 2.05) is 121 Å². The zero-order valence-electron chi connectivity index (χ0n) is 60.1. The van der Waals surface area contributed by atoms with Gasteiger partial charge in [0.25, 0.3) is 0 Å². The lowest BCUT2D eigenvalue weighted by Gasteiger charge is -2.35. The van der Waals surface area contributed by atoms with Crippen molar-refractivity contribution in [1.29, 1.82) is 0 Å². The highest BCUT2D eigenvalue weighted by Crippen LogP contribution is 2.60. The zero-order valence-corrected chi connectivity index (χ0v) is 61.1. The molecule has 0 spiro atoms. The Hall–Kier alpha value is -13.9. The Morgan fingerprint density at radius 2 is 0.532 bits per heavy atom. The topological polar surface area (TPSA) is 24.9 Å². The molecule has 0 radical (unpaired) electrons. The second kappa shape index (κ2) is 27.4. The smallest absolute Gasteiger partial charge is 0.180 e. The SMILES string of the molecule is C=Cc1ccc(Oc2ccc(C3(c4ccc(F)cc4)c4ccccc4-c4ccc(N(c5ccc(F)cc5)c5ccc6c(c5)-c5cc(N(c7ccc(F)cc7)c7ccc8c(c7)C(c7ccc(F)cc7)(c7ccc(Oc9ccc(C=C)cc9)cc7)c7ccccc7-8)ccc5[Si]6(c5ccccc5)c5ccccc5)cc43)cc2)cc1. The number of halogens is 4. The van der Waals surface area contributed by atoms with Gasteiger partial charge in [0.05, 0.1) is 10.8 Å². The van der Waals surface area contributed by atoms with E-state index in [-0.39, 0.29) is 23.3 Å². The third kappa shape index (κ3) is 11.2. The molecule has 16 aromatic rings. The largest absolute Gasteiger partial charge is 0.457 e. The fourth-order valence-corrected chi connectivity index (χ4v) is 22.9. The molecule has 2 aliphatic carbocycles. The maximum Gasteiger partial charge on any atom is 0.180 e. The van der Waals surface area contributed by atoms with Gasteiger partial charge in [0.1, 0.15) is 46.3 Å². The van der Waals surface area contributed by atoms with Crippen molar-refractivity contribution in [1.82, 2.24) is 0 Å². The quantitative estimate of drug-likeness (QED) is 0.0631. The minimum atomic E-state index is -3.25. The Kier molecular flexibility index (Phi) is 16.7. The van der Waals surface area contributed by atoms with E-state index in [0.717, 1.165) is 123 Å². The van der Waals surface area contributed by atoms with Crippen molar-refractivity contribution in [3.05, 3.63) is 468 Å². The molecule has 9 heteroatoms. The van der Waals surface area contributed by atoms with Crippen LogP contribution in [0.1, 0.15) is 55.6 Å². The van der Waals surface area contributed by atoms with Gasteiger partial charge >= 0.3 is 0 Å². The first-order valence-electron chi connectivity index (χ1n) is 37.1. The van der Waals surface area contributed by atoms with Gasteiger partial charge in [-0.05, 0) is 280 Å². The molecular formula is C102H68F4N2O2Si. The highest BCUT2D eigenvalue weighted by molar-refractivity contribution is 7.22. The van der Waals surface area contributed by atoms with Crippen LogP contribution in [-0.2, 0) is 10.8 Å². The average molecular weight is 1460 g/mol. The predicted molar refractivity (Wildman–Crippen MR) is 446 cm³/mol. The van der Waals surface area contributed by atoms with Crippen molar-refractivity contribution < 1.29 is 27.0 Å². The van der Waals surface area contributed by atoms with E-state index in [0.29, 0.717) is 23.0 Å². The van der Waals surface area contributed by atoms with Crippen molar-refractivity contribution in [2.24, 2.45) is 0 Å². The Bertz CT molecular complexity index is 5880. The van der Waals surface area contributed by atoms with Gasteiger partial charge in [-0.3, -0.25) is 0 Å². The van der Waals surface area contributed by atoms with E-state index < -0.39 is 18.9 Å². The summed E-state index contributed by atoms with van der Waals surface area (Å²) in [6.07, 6.45) is 3.60. The molecular weight excluding hydrogens is 1390 g/mol. The number of fused-ring (bicyclic) bond motifs is 9. The number of anilines is 6. The van der Waals surface area contributed by atoms with E-state index in [2.05, 4.69) is 229 Å². The van der Waals surface area contributed by atoms with E-state index in [9.17, 15) is 0 Å². The number of ether oxygens (including phenoxy) is 2. The van der Waals surface area contributed by atoms with E-state index >= 15 is 17.6 Å². The lowest BCUT2D eigenvalue weighted by atomic mass is 9.67. The Balaban J connectivity index is 0.806. The molecule has 4 nitrogen and oxygen atoms in total. The normalized spacial score (nSPS) is 15.1. The Morgan fingerprint density at radius 1 is 0.252 bits per heavy atom. The van der Waals surface area contributed by atoms with Gasteiger partial charge in [0.15, 0.2) is 8.07 Å². The number of benzene rings is 16. The van der Waals surface area contributed by atoms with Crippen molar-refractivity contribution in [3.63, 3.8) is 0 Å². The third-order valence-electron chi connectivity index (χ3n) is 22.6. The molecule has 19 rings (SSSR count). The number of nitrogens with zero attached hydrogens (tertiary/aromatic N) is 2. The van der Waals surface area contributed by atoms with Crippen LogP contribution < -0.4 is 40.0 Å². The summed E-state index contributed by atoms with van der Waals surface area (Å²) in [5, 5.41) is 4.78. The first-order valence-corrected chi connectivity index (χ1v) is 39.1. The molecule has 16 aromatic carbocycles. The molecule has 1 aliphatic heterocycles. The molecule has 0 amide bonds. The highest BCUT2D eigenvalue weighted by atomic mass is 28.3. The van der Waals surface area contributed by atoms with Crippen LogP contribution in [0.2, 0.25) is 0 Å². The molecule has 1 heterocycles. The molecule has 0 saturated heterocycles. The molecule has 2 atom stereocenters. The summed E-state index contributed by atoms with van der Waals surface area (Å²) in [5.41, 5.74) is 18.5.